The van der Waals surface area contributed by atoms with Crippen molar-refractivity contribution < 1.29 is 4.79 Å². The number of anilines is 3. The van der Waals surface area contributed by atoms with Gasteiger partial charge in [0.2, 0.25) is 0 Å². The van der Waals surface area contributed by atoms with E-state index in [-0.39, 0.29) is 5.78 Å². The maximum absolute atomic E-state index is 12.4. The highest BCUT2D eigenvalue weighted by atomic mass is 16.1. The van der Waals surface area contributed by atoms with Gasteiger partial charge in [-0.3, -0.25) is 4.79 Å². The molecule has 120 valence electrons. The molecule has 24 heavy (non-hydrogen) atoms. The van der Waals surface area contributed by atoms with Crippen molar-refractivity contribution >= 4 is 23.0 Å². The van der Waals surface area contributed by atoms with Gasteiger partial charge < -0.3 is 21.4 Å². The van der Waals surface area contributed by atoms with Crippen molar-refractivity contribution in [2.45, 2.75) is 6.54 Å². The molecule has 0 radical (unpaired) electrons. The Morgan fingerprint density at radius 3 is 2.75 bits per heavy atom. The Balaban J connectivity index is 1.88. The lowest BCUT2D eigenvalue weighted by atomic mass is 10.0. The summed E-state index contributed by atoms with van der Waals surface area (Å²) in [6, 6.07) is 13.5. The minimum absolute atomic E-state index is 0.0687. The molecule has 0 spiro atoms. The quantitative estimate of drug-likeness (QED) is 0.595. The highest BCUT2D eigenvalue weighted by Gasteiger charge is 2.26. The van der Waals surface area contributed by atoms with Crippen molar-refractivity contribution in [3.8, 4) is 11.3 Å². The number of aromatic amines is 1. The molecule has 0 saturated heterocycles. The monoisotopic (exact) mass is 319 g/mol. The van der Waals surface area contributed by atoms with Gasteiger partial charge in [-0.2, -0.15) is 0 Å². The van der Waals surface area contributed by atoms with Crippen molar-refractivity contribution in [3.63, 3.8) is 0 Å². The van der Waals surface area contributed by atoms with Gasteiger partial charge in [-0.05, 0) is 24.3 Å². The number of ketones is 1. The van der Waals surface area contributed by atoms with Gasteiger partial charge in [0.25, 0.3) is 0 Å². The summed E-state index contributed by atoms with van der Waals surface area (Å²) in [5, 5.41) is 6.50. The summed E-state index contributed by atoms with van der Waals surface area (Å²) in [5.41, 5.74) is 10.9. The van der Waals surface area contributed by atoms with Crippen molar-refractivity contribution in [1.29, 1.82) is 0 Å². The number of nitrogens with two attached hydrogens (primary N) is 1. The molecule has 0 amide bonds. The van der Waals surface area contributed by atoms with Crippen LogP contribution in [0.25, 0.3) is 11.3 Å². The molecule has 4 rings (SSSR count). The molecule has 0 aliphatic carbocycles. The smallest absolute Gasteiger partial charge is 0.180 e. The zero-order chi connectivity index (χ0) is 16.5. The van der Waals surface area contributed by atoms with E-state index in [1.807, 2.05) is 36.4 Å². The lowest BCUT2D eigenvalue weighted by Gasteiger charge is -2.14. The number of carbonyl (C=O) groups excluding carboxylic acids is 1. The number of hydrogen-bond acceptors (Lipinski definition) is 5. The molecule has 3 aromatic rings. The van der Waals surface area contributed by atoms with Crippen molar-refractivity contribution in [2.24, 2.45) is 0 Å². The van der Waals surface area contributed by atoms with Gasteiger partial charge in [0.1, 0.15) is 5.82 Å². The molecule has 6 nitrogen and oxygen atoms in total. The molecule has 0 unspecified atom stereocenters. The maximum atomic E-state index is 12.4. The Hall–Kier alpha value is -3.12. The van der Waals surface area contributed by atoms with E-state index in [2.05, 4.69) is 20.6 Å². The maximum Gasteiger partial charge on any atom is 0.180 e. The van der Waals surface area contributed by atoms with Crippen molar-refractivity contribution in [2.75, 3.05) is 17.6 Å². The average Bonchev–Trinajstić information content (AvgIpc) is 2.96. The summed E-state index contributed by atoms with van der Waals surface area (Å²) in [4.78, 5) is 19.9. The molecule has 0 saturated carbocycles. The first-order valence-electron chi connectivity index (χ1n) is 7.75. The van der Waals surface area contributed by atoms with E-state index >= 15 is 0 Å². The number of H-pyrrole nitrogens is 1. The summed E-state index contributed by atoms with van der Waals surface area (Å²) in [6.45, 7) is 0.970. The summed E-state index contributed by atoms with van der Waals surface area (Å²) < 4.78 is 0. The summed E-state index contributed by atoms with van der Waals surface area (Å²) in [5.74, 6) is 0.509. The van der Waals surface area contributed by atoms with Gasteiger partial charge in [-0.15, -0.1) is 0 Å². The van der Waals surface area contributed by atoms with Crippen LogP contribution in [0.2, 0.25) is 0 Å². The molecule has 3 heterocycles. The fourth-order valence-corrected chi connectivity index (χ4v) is 2.99. The van der Waals surface area contributed by atoms with Crippen LogP contribution in [-0.2, 0) is 6.54 Å². The number of hydrogen-bond donors (Lipinski definition) is 4. The molecule has 1 aromatic carbocycles. The van der Waals surface area contributed by atoms with Crippen LogP contribution in [0.5, 0.6) is 0 Å². The first-order chi connectivity index (χ1) is 11.7. The van der Waals surface area contributed by atoms with Gasteiger partial charge in [0.15, 0.2) is 5.78 Å². The van der Waals surface area contributed by atoms with Gasteiger partial charge in [0.05, 0.1) is 23.5 Å². The fourth-order valence-electron chi connectivity index (χ4n) is 2.99. The lowest BCUT2D eigenvalue weighted by Crippen LogP contribution is -2.29. The van der Waals surface area contributed by atoms with E-state index in [1.54, 1.807) is 12.3 Å². The lowest BCUT2D eigenvalue weighted by molar-refractivity contribution is 0.0983. The number of pyridine rings is 1. The van der Waals surface area contributed by atoms with Crippen molar-refractivity contribution in [1.82, 2.24) is 15.3 Å². The van der Waals surface area contributed by atoms with E-state index < -0.39 is 0 Å². The Labute approximate surface area is 139 Å². The number of nitrogens with zero attached hydrogens (tertiary/aromatic N) is 1. The minimum atomic E-state index is 0.0687. The molecule has 2 aromatic heterocycles. The number of para-hydroxylation sites is 1. The zero-order valence-electron chi connectivity index (χ0n) is 13.0. The zero-order valence-corrected chi connectivity index (χ0v) is 13.0. The van der Waals surface area contributed by atoms with Gasteiger partial charge in [0, 0.05) is 29.7 Å². The van der Waals surface area contributed by atoms with Crippen LogP contribution in [0, 0.1) is 0 Å². The average molecular weight is 319 g/mol. The Morgan fingerprint density at radius 1 is 1.12 bits per heavy atom. The number of nitrogens with one attached hydrogen (secondary N) is 3. The number of carbonyl (C=O) groups is 1. The molecule has 0 fully saturated rings. The SMILES string of the molecule is Nc1cc(-c2[nH]c3c(c2Nc2ccccc2)C(=O)CNC3)ccn1. The number of benzene rings is 1. The van der Waals surface area contributed by atoms with Gasteiger partial charge in [-0.1, -0.05) is 18.2 Å². The molecule has 1 aliphatic heterocycles. The Morgan fingerprint density at radius 2 is 1.96 bits per heavy atom. The largest absolute Gasteiger partial charge is 0.384 e. The van der Waals surface area contributed by atoms with Crippen LogP contribution in [0.1, 0.15) is 16.1 Å². The van der Waals surface area contributed by atoms with Crippen LogP contribution in [0.4, 0.5) is 17.2 Å². The third-order valence-electron chi connectivity index (χ3n) is 4.06. The molecule has 0 bridgehead atoms. The predicted octanol–water partition coefficient (Wildman–Crippen LogP) is 2.69. The molecule has 0 atom stereocenters. The standard InChI is InChI=1S/C18H17N5O/c19-15-8-11(6-7-21-15)17-18(22-12-4-2-1-3-5-12)16-13(23-17)9-20-10-14(16)24/h1-8,20,22-23H,9-10H2,(H2,19,21). The summed E-state index contributed by atoms with van der Waals surface area (Å²) in [7, 11) is 0. The van der Waals surface area contributed by atoms with E-state index in [0.29, 0.717) is 24.5 Å². The third kappa shape index (κ3) is 2.53. The summed E-state index contributed by atoms with van der Waals surface area (Å²) >= 11 is 0. The van der Waals surface area contributed by atoms with E-state index in [0.717, 1.165) is 28.3 Å². The van der Waals surface area contributed by atoms with Crippen LogP contribution >= 0.6 is 0 Å². The highest BCUT2D eigenvalue weighted by molar-refractivity contribution is 6.08. The normalized spacial score (nSPS) is 13.6. The Kier molecular flexibility index (Phi) is 3.51. The second-order valence-electron chi connectivity index (χ2n) is 5.72. The number of rotatable bonds is 3. The van der Waals surface area contributed by atoms with Crippen LogP contribution in [0.3, 0.4) is 0 Å². The number of Topliss-reactive ketones (excluding diaryl/α,β-unsaturated/α-hetero) is 1. The van der Waals surface area contributed by atoms with Crippen LogP contribution < -0.4 is 16.4 Å². The van der Waals surface area contributed by atoms with E-state index in [9.17, 15) is 4.79 Å². The predicted molar refractivity (Wildman–Crippen MR) is 94.2 cm³/mol. The van der Waals surface area contributed by atoms with E-state index in [1.165, 1.54) is 0 Å². The topological polar surface area (TPSA) is 95.8 Å². The fraction of sp³-hybridized carbons (Fsp3) is 0.111. The highest BCUT2D eigenvalue weighted by Crippen LogP contribution is 2.36. The molecular weight excluding hydrogens is 302 g/mol. The second-order valence-corrected chi connectivity index (χ2v) is 5.72. The minimum Gasteiger partial charge on any atom is -0.384 e. The molecule has 5 N–H and O–H groups in total. The first-order valence-corrected chi connectivity index (χ1v) is 7.75. The molecular formula is C18H17N5O. The Bertz CT molecular complexity index is 901. The van der Waals surface area contributed by atoms with Gasteiger partial charge in [-0.25, -0.2) is 4.98 Å². The number of aromatic nitrogens is 2. The number of nitrogen functional groups attached to an aromatic ring is 1. The van der Waals surface area contributed by atoms with E-state index in [4.69, 9.17) is 5.73 Å². The third-order valence-corrected chi connectivity index (χ3v) is 4.06. The summed E-state index contributed by atoms with van der Waals surface area (Å²) in [6.07, 6.45) is 1.66. The number of fused-ring (bicyclic) bond motifs is 1. The van der Waals surface area contributed by atoms with Gasteiger partial charge >= 0.3 is 0 Å². The molecule has 6 heteroatoms. The van der Waals surface area contributed by atoms with Crippen LogP contribution in [0.15, 0.2) is 48.7 Å². The molecule has 1 aliphatic rings. The second kappa shape index (κ2) is 5.82. The van der Waals surface area contributed by atoms with Crippen LogP contribution in [-0.4, -0.2) is 22.3 Å². The van der Waals surface area contributed by atoms with Crippen molar-refractivity contribution in [3.05, 3.63) is 59.9 Å². The first kappa shape index (κ1) is 14.5.